The Hall–Kier alpha value is -1.66. The molecule has 1 aliphatic rings. The number of hydrogen-bond donors (Lipinski definition) is 2. The molecule has 0 aromatic carbocycles. The van der Waals surface area contributed by atoms with Gasteiger partial charge in [0.25, 0.3) is 0 Å². The van der Waals surface area contributed by atoms with Crippen LogP contribution in [-0.4, -0.2) is 32.4 Å². The van der Waals surface area contributed by atoms with Gasteiger partial charge in [0.15, 0.2) is 5.82 Å². The largest absolute Gasteiger partial charge is 0.394 e. The highest BCUT2D eigenvalue weighted by atomic mass is 16.5. The van der Waals surface area contributed by atoms with Crippen LogP contribution < -0.4 is 5.73 Å². The first-order valence-corrected chi connectivity index (χ1v) is 7.03. The molecule has 2 aromatic rings. The fourth-order valence-corrected chi connectivity index (χ4v) is 3.06. The van der Waals surface area contributed by atoms with Gasteiger partial charge in [-0.2, -0.15) is 5.10 Å². The standard InChI is InChI=1S/C14H20N4O2/c1-3-9-5-11(13-8(2)4-10(6-19)20-13)18-12(9)14(15)16-7-17-18/h5,7-8,10,13,19H,3-4,6H2,1-2H3,(H2,15,16,17). The Balaban J connectivity index is 2.11. The molecular formula is C14H20N4O2. The number of nitrogen functional groups attached to an aromatic ring is 1. The molecule has 3 heterocycles. The van der Waals surface area contributed by atoms with Crippen molar-refractivity contribution in [2.45, 2.75) is 38.9 Å². The Bertz CT molecular complexity index is 625. The minimum atomic E-state index is -0.0928. The van der Waals surface area contributed by atoms with Gasteiger partial charge in [0, 0.05) is 0 Å². The van der Waals surface area contributed by atoms with Crippen LogP contribution in [0.1, 0.15) is 37.6 Å². The van der Waals surface area contributed by atoms with Gasteiger partial charge in [0.2, 0.25) is 0 Å². The average Bonchev–Trinajstić information content (AvgIpc) is 3.00. The fourth-order valence-electron chi connectivity index (χ4n) is 3.06. The maximum absolute atomic E-state index is 9.28. The highest BCUT2D eigenvalue weighted by Gasteiger charge is 2.35. The molecule has 3 rings (SSSR count). The van der Waals surface area contributed by atoms with E-state index in [4.69, 9.17) is 10.5 Å². The Morgan fingerprint density at radius 1 is 1.55 bits per heavy atom. The van der Waals surface area contributed by atoms with Crippen LogP contribution in [-0.2, 0) is 11.2 Å². The summed E-state index contributed by atoms with van der Waals surface area (Å²) < 4.78 is 7.78. The monoisotopic (exact) mass is 276 g/mol. The predicted octanol–water partition coefficient (Wildman–Crippen LogP) is 1.33. The zero-order valence-corrected chi connectivity index (χ0v) is 11.8. The summed E-state index contributed by atoms with van der Waals surface area (Å²) in [6.45, 7) is 4.28. The van der Waals surface area contributed by atoms with Gasteiger partial charge in [-0.25, -0.2) is 9.50 Å². The Labute approximate surface area is 117 Å². The molecule has 0 spiro atoms. The number of aryl methyl sites for hydroxylation is 1. The molecule has 20 heavy (non-hydrogen) atoms. The van der Waals surface area contributed by atoms with Gasteiger partial charge in [0.1, 0.15) is 17.9 Å². The molecule has 1 fully saturated rings. The molecular weight excluding hydrogens is 256 g/mol. The van der Waals surface area contributed by atoms with Crippen LogP contribution in [0.2, 0.25) is 0 Å². The highest BCUT2D eigenvalue weighted by Crippen LogP contribution is 2.39. The van der Waals surface area contributed by atoms with E-state index in [0.717, 1.165) is 29.6 Å². The van der Waals surface area contributed by atoms with Crippen LogP contribution in [0.4, 0.5) is 5.82 Å². The van der Waals surface area contributed by atoms with Crippen LogP contribution in [0.3, 0.4) is 0 Å². The third-order valence-electron chi connectivity index (χ3n) is 4.06. The molecule has 2 aromatic heterocycles. The summed E-state index contributed by atoms with van der Waals surface area (Å²) in [6.07, 6.45) is 3.04. The van der Waals surface area contributed by atoms with E-state index in [1.54, 1.807) is 0 Å². The van der Waals surface area contributed by atoms with Crippen molar-refractivity contribution in [1.29, 1.82) is 0 Å². The van der Waals surface area contributed by atoms with Crippen LogP contribution in [0.5, 0.6) is 0 Å². The summed E-state index contributed by atoms with van der Waals surface area (Å²) in [6, 6.07) is 2.10. The van der Waals surface area contributed by atoms with Crippen molar-refractivity contribution < 1.29 is 9.84 Å². The third-order valence-corrected chi connectivity index (χ3v) is 4.06. The molecule has 108 valence electrons. The van der Waals surface area contributed by atoms with Crippen LogP contribution >= 0.6 is 0 Å². The second-order valence-corrected chi connectivity index (χ2v) is 5.43. The number of nitrogens with zero attached hydrogens (tertiary/aromatic N) is 3. The first-order chi connectivity index (χ1) is 9.65. The number of aliphatic hydroxyl groups is 1. The number of aliphatic hydroxyl groups excluding tert-OH is 1. The lowest BCUT2D eigenvalue weighted by Crippen LogP contribution is -2.12. The Morgan fingerprint density at radius 2 is 2.35 bits per heavy atom. The summed E-state index contributed by atoms with van der Waals surface area (Å²) in [5.74, 6) is 0.832. The lowest BCUT2D eigenvalue weighted by atomic mass is 9.99. The van der Waals surface area contributed by atoms with E-state index >= 15 is 0 Å². The molecule has 0 amide bonds. The van der Waals surface area contributed by atoms with Crippen LogP contribution in [0, 0.1) is 5.92 Å². The lowest BCUT2D eigenvalue weighted by Gasteiger charge is -2.15. The number of anilines is 1. The molecule has 0 saturated carbocycles. The predicted molar refractivity (Wildman–Crippen MR) is 75.3 cm³/mol. The summed E-state index contributed by atoms with van der Waals surface area (Å²) >= 11 is 0. The van der Waals surface area contributed by atoms with Gasteiger partial charge in [-0.3, -0.25) is 0 Å². The number of nitrogens with two attached hydrogens (primary N) is 1. The van der Waals surface area contributed by atoms with E-state index in [9.17, 15) is 5.11 Å². The molecule has 6 heteroatoms. The Kier molecular flexibility index (Phi) is 3.35. The van der Waals surface area contributed by atoms with Gasteiger partial charge < -0.3 is 15.6 Å². The Morgan fingerprint density at radius 3 is 3.00 bits per heavy atom. The van der Waals surface area contributed by atoms with E-state index in [2.05, 4.69) is 30.0 Å². The topological polar surface area (TPSA) is 85.7 Å². The van der Waals surface area contributed by atoms with E-state index in [1.165, 1.54) is 6.33 Å². The summed E-state index contributed by atoms with van der Waals surface area (Å²) in [4.78, 5) is 4.07. The van der Waals surface area contributed by atoms with Crippen molar-refractivity contribution in [3.63, 3.8) is 0 Å². The molecule has 3 unspecified atom stereocenters. The van der Waals surface area contributed by atoms with Crippen LogP contribution in [0.15, 0.2) is 12.4 Å². The van der Waals surface area contributed by atoms with E-state index in [1.807, 2.05) is 4.52 Å². The zero-order chi connectivity index (χ0) is 14.3. The SMILES string of the molecule is CCc1cc(C2OC(CO)CC2C)n2ncnc(N)c12. The van der Waals surface area contributed by atoms with Crippen molar-refractivity contribution in [3.05, 3.63) is 23.7 Å². The number of rotatable bonds is 3. The number of ether oxygens (including phenoxy) is 1. The van der Waals surface area contributed by atoms with Gasteiger partial charge in [-0.05, 0) is 30.4 Å². The molecule has 3 N–H and O–H groups in total. The maximum Gasteiger partial charge on any atom is 0.151 e. The number of aromatic nitrogens is 3. The maximum atomic E-state index is 9.28. The zero-order valence-electron chi connectivity index (χ0n) is 11.8. The van der Waals surface area contributed by atoms with Gasteiger partial charge in [-0.15, -0.1) is 0 Å². The fraction of sp³-hybridized carbons (Fsp3) is 0.571. The first kappa shape index (κ1) is 13.3. The summed E-state index contributed by atoms with van der Waals surface area (Å²) in [5, 5.41) is 13.6. The molecule has 3 atom stereocenters. The molecule has 0 aliphatic carbocycles. The number of hydrogen-bond acceptors (Lipinski definition) is 5. The minimum Gasteiger partial charge on any atom is -0.394 e. The minimum absolute atomic E-state index is 0.0574. The van der Waals surface area contributed by atoms with Gasteiger partial charge in [-0.1, -0.05) is 13.8 Å². The van der Waals surface area contributed by atoms with Gasteiger partial charge in [0.05, 0.1) is 18.4 Å². The third kappa shape index (κ3) is 1.96. The lowest BCUT2D eigenvalue weighted by molar-refractivity contribution is 0.00256. The summed E-state index contributed by atoms with van der Waals surface area (Å²) in [5.41, 5.74) is 8.97. The smallest absolute Gasteiger partial charge is 0.151 e. The molecule has 0 radical (unpaired) electrons. The van der Waals surface area contributed by atoms with E-state index in [0.29, 0.717) is 11.7 Å². The normalized spacial score (nSPS) is 26.4. The van der Waals surface area contributed by atoms with Crippen molar-refractivity contribution in [2.75, 3.05) is 12.3 Å². The second-order valence-electron chi connectivity index (χ2n) is 5.43. The van der Waals surface area contributed by atoms with Gasteiger partial charge >= 0.3 is 0 Å². The van der Waals surface area contributed by atoms with Crippen molar-refractivity contribution >= 4 is 11.3 Å². The molecule has 0 bridgehead atoms. The number of fused-ring (bicyclic) bond motifs is 1. The molecule has 6 nitrogen and oxygen atoms in total. The van der Waals surface area contributed by atoms with Crippen molar-refractivity contribution in [2.24, 2.45) is 5.92 Å². The van der Waals surface area contributed by atoms with Crippen molar-refractivity contribution in [3.8, 4) is 0 Å². The molecule has 1 saturated heterocycles. The van der Waals surface area contributed by atoms with E-state index < -0.39 is 0 Å². The quantitative estimate of drug-likeness (QED) is 0.883. The average molecular weight is 276 g/mol. The van der Waals surface area contributed by atoms with Crippen molar-refractivity contribution in [1.82, 2.24) is 14.6 Å². The molecule has 1 aliphatic heterocycles. The second kappa shape index (κ2) is 5.03. The first-order valence-electron chi connectivity index (χ1n) is 7.03. The highest BCUT2D eigenvalue weighted by molar-refractivity contribution is 5.71. The van der Waals surface area contributed by atoms with Crippen LogP contribution in [0.25, 0.3) is 5.52 Å². The summed E-state index contributed by atoms with van der Waals surface area (Å²) in [7, 11) is 0. The van der Waals surface area contributed by atoms with E-state index in [-0.39, 0.29) is 18.8 Å².